The monoisotopic (exact) mass is 271 g/mol. The van der Waals surface area contributed by atoms with Gasteiger partial charge in [0, 0.05) is 25.7 Å². The lowest BCUT2D eigenvalue weighted by Gasteiger charge is -2.15. The number of fused-ring (bicyclic) bond motifs is 1. The molecule has 0 saturated heterocycles. The third kappa shape index (κ3) is 2.54. The molecule has 1 aliphatic rings. The summed E-state index contributed by atoms with van der Waals surface area (Å²) in [5.74, 6) is -0.259. The number of rotatable bonds is 3. The van der Waals surface area contributed by atoms with Crippen LogP contribution in [0.2, 0.25) is 0 Å². The van der Waals surface area contributed by atoms with Crippen molar-refractivity contribution in [2.75, 3.05) is 18.5 Å². The summed E-state index contributed by atoms with van der Waals surface area (Å²) in [4.78, 5) is 2.22. The second-order valence-corrected chi connectivity index (χ2v) is 5.41. The van der Waals surface area contributed by atoms with E-state index in [0.717, 1.165) is 24.1 Å². The van der Waals surface area contributed by atoms with Gasteiger partial charge in [-0.05, 0) is 41.3 Å². The zero-order valence-corrected chi connectivity index (χ0v) is 11.5. The number of aliphatic hydroxyl groups is 1. The van der Waals surface area contributed by atoms with Gasteiger partial charge in [-0.3, -0.25) is 0 Å². The van der Waals surface area contributed by atoms with Gasteiger partial charge in [0.2, 0.25) is 0 Å². The first-order valence-electron chi connectivity index (χ1n) is 6.90. The highest BCUT2D eigenvalue weighted by Crippen LogP contribution is 2.30. The van der Waals surface area contributed by atoms with E-state index in [9.17, 15) is 9.50 Å². The molecule has 2 aromatic rings. The molecule has 2 nitrogen and oxygen atoms in total. The average Bonchev–Trinajstić information content (AvgIpc) is 2.80. The molecule has 1 aliphatic heterocycles. The van der Waals surface area contributed by atoms with Crippen molar-refractivity contribution in [3.8, 4) is 0 Å². The van der Waals surface area contributed by atoms with Crippen LogP contribution in [0.4, 0.5) is 10.1 Å². The number of benzene rings is 2. The van der Waals surface area contributed by atoms with Crippen molar-refractivity contribution in [2.24, 2.45) is 0 Å². The molecule has 1 atom stereocenters. The molecule has 104 valence electrons. The Morgan fingerprint density at radius 1 is 1.25 bits per heavy atom. The molecule has 0 radical (unpaired) electrons. The second kappa shape index (κ2) is 5.25. The van der Waals surface area contributed by atoms with Crippen molar-refractivity contribution in [3.63, 3.8) is 0 Å². The molecule has 0 saturated carbocycles. The Labute approximate surface area is 118 Å². The minimum absolute atomic E-state index is 0.259. The predicted octanol–water partition coefficient (Wildman–Crippen LogP) is 3.09. The zero-order chi connectivity index (χ0) is 14.1. The van der Waals surface area contributed by atoms with Crippen LogP contribution in [-0.2, 0) is 12.8 Å². The van der Waals surface area contributed by atoms with E-state index in [1.165, 1.54) is 23.4 Å². The Bertz CT molecular complexity index is 626. The van der Waals surface area contributed by atoms with Crippen LogP contribution < -0.4 is 4.90 Å². The lowest BCUT2D eigenvalue weighted by Crippen LogP contribution is -2.12. The summed E-state index contributed by atoms with van der Waals surface area (Å²) in [6.07, 6.45) is 0.867. The normalized spacial score (nSPS) is 15.2. The van der Waals surface area contributed by atoms with Crippen LogP contribution in [0.25, 0.3) is 0 Å². The molecule has 3 rings (SSSR count). The van der Waals surface area contributed by atoms with E-state index in [-0.39, 0.29) is 5.82 Å². The van der Waals surface area contributed by atoms with E-state index in [2.05, 4.69) is 24.1 Å². The van der Waals surface area contributed by atoms with Crippen LogP contribution in [0.3, 0.4) is 0 Å². The van der Waals surface area contributed by atoms with Gasteiger partial charge in [-0.15, -0.1) is 0 Å². The summed E-state index contributed by atoms with van der Waals surface area (Å²) < 4.78 is 13.2. The Morgan fingerprint density at radius 3 is 2.90 bits per heavy atom. The molecular formula is C17H18FNO. The van der Waals surface area contributed by atoms with E-state index >= 15 is 0 Å². The van der Waals surface area contributed by atoms with E-state index in [1.54, 1.807) is 6.07 Å². The first-order valence-corrected chi connectivity index (χ1v) is 6.90. The van der Waals surface area contributed by atoms with Gasteiger partial charge in [0.05, 0.1) is 6.10 Å². The largest absolute Gasteiger partial charge is 0.388 e. The molecule has 0 aromatic heterocycles. The maximum atomic E-state index is 13.2. The Hall–Kier alpha value is -1.87. The van der Waals surface area contributed by atoms with Gasteiger partial charge >= 0.3 is 0 Å². The summed E-state index contributed by atoms with van der Waals surface area (Å²) in [6.45, 7) is 1.03. The zero-order valence-electron chi connectivity index (χ0n) is 11.5. The van der Waals surface area contributed by atoms with Crippen LogP contribution in [0, 0.1) is 5.82 Å². The van der Waals surface area contributed by atoms with Crippen molar-refractivity contribution < 1.29 is 9.50 Å². The van der Waals surface area contributed by atoms with Gasteiger partial charge in [-0.25, -0.2) is 4.39 Å². The lowest BCUT2D eigenvalue weighted by atomic mass is 9.99. The number of nitrogens with zero attached hydrogens (tertiary/aromatic N) is 1. The maximum absolute atomic E-state index is 13.2. The quantitative estimate of drug-likeness (QED) is 0.927. The van der Waals surface area contributed by atoms with Crippen LogP contribution in [0.15, 0.2) is 42.5 Å². The molecule has 1 heterocycles. The molecule has 0 aliphatic carbocycles. The van der Waals surface area contributed by atoms with Gasteiger partial charge in [0.1, 0.15) is 5.82 Å². The standard InChI is InChI=1S/C17H18FNO/c1-19-8-7-13-11-14(5-6-16(13)19)17(20)10-12-3-2-4-15(18)9-12/h2-6,9,11,17,20H,7-8,10H2,1H3. The maximum Gasteiger partial charge on any atom is 0.123 e. The van der Waals surface area contributed by atoms with Crippen LogP contribution in [0.5, 0.6) is 0 Å². The van der Waals surface area contributed by atoms with Gasteiger partial charge in [-0.1, -0.05) is 24.3 Å². The fourth-order valence-electron chi connectivity index (χ4n) is 2.80. The molecule has 1 N–H and O–H groups in total. The number of anilines is 1. The van der Waals surface area contributed by atoms with E-state index < -0.39 is 6.10 Å². The minimum Gasteiger partial charge on any atom is -0.388 e. The van der Waals surface area contributed by atoms with Gasteiger partial charge in [-0.2, -0.15) is 0 Å². The number of aliphatic hydroxyl groups excluding tert-OH is 1. The van der Waals surface area contributed by atoms with Gasteiger partial charge in [0.15, 0.2) is 0 Å². The molecule has 0 spiro atoms. The fraction of sp³-hybridized carbons (Fsp3) is 0.294. The first-order chi connectivity index (χ1) is 9.63. The van der Waals surface area contributed by atoms with E-state index in [1.807, 2.05) is 12.1 Å². The predicted molar refractivity (Wildman–Crippen MR) is 78.5 cm³/mol. The highest BCUT2D eigenvalue weighted by Gasteiger charge is 2.18. The van der Waals surface area contributed by atoms with Crippen LogP contribution in [-0.4, -0.2) is 18.7 Å². The number of hydrogen-bond acceptors (Lipinski definition) is 2. The Morgan fingerprint density at radius 2 is 2.10 bits per heavy atom. The van der Waals surface area contributed by atoms with Crippen LogP contribution in [0.1, 0.15) is 22.8 Å². The average molecular weight is 271 g/mol. The summed E-state index contributed by atoms with van der Waals surface area (Å²) in [5.41, 5.74) is 4.24. The van der Waals surface area contributed by atoms with Gasteiger partial charge in [0.25, 0.3) is 0 Å². The molecule has 0 fully saturated rings. The molecular weight excluding hydrogens is 253 g/mol. The Balaban J connectivity index is 1.79. The molecule has 2 aromatic carbocycles. The SMILES string of the molecule is CN1CCc2cc(C(O)Cc3cccc(F)c3)ccc21. The van der Waals surface area contributed by atoms with E-state index in [4.69, 9.17) is 0 Å². The van der Waals surface area contributed by atoms with Crippen molar-refractivity contribution in [2.45, 2.75) is 18.9 Å². The second-order valence-electron chi connectivity index (χ2n) is 5.41. The van der Waals surface area contributed by atoms with Crippen molar-refractivity contribution in [3.05, 3.63) is 65.0 Å². The van der Waals surface area contributed by atoms with Crippen molar-refractivity contribution in [1.82, 2.24) is 0 Å². The minimum atomic E-state index is -0.590. The van der Waals surface area contributed by atoms with Crippen molar-refractivity contribution in [1.29, 1.82) is 0 Å². The summed E-state index contributed by atoms with van der Waals surface area (Å²) in [5, 5.41) is 10.3. The summed E-state index contributed by atoms with van der Waals surface area (Å²) >= 11 is 0. The Kier molecular flexibility index (Phi) is 3.45. The third-order valence-electron chi connectivity index (χ3n) is 3.93. The topological polar surface area (TPSA) is 23.5 Å². The van der Waals surface area contributed by atoms with Gasteiger partial charge < -0.3 is 10.0 Å². The highest BCUT2D eigenvalue weighted by atomic mass is 19.1. The molecule has 0 bridgehead atoms. The fourth-order valence-corrected chi connectivity index (χ4v) is 2.80. The van der Waals surface area contributed by atoms with Crippen LogP contribution >= 0.6 is 0 Å². The number of hydrogen-bond donors (Lipinski definition) is 1. The highest BCUT2D eigenvalue weighted by molar-refractivity contribution is 5.58. The lowest BCUT2D eigenvalue weighted by molar-refractivity contribution is 0.178. The smallest absolute Gasteiger partial charge is 0.123 e. The number of halogens is 1. The number of likely N-dealkylation sites (N-methyl/N-ethyl adjacent to an activating group) is 1. The third-order valence-corrected chi connectivity index (χ3v) is 3.93. The molecule has 0 amide bonds. The first kappa shape index (κ1) is 13.1. The summed E-state index contributed by atoms with van der Waals surface area (Å²) in [6, 6.07) is 12.5. The van der Waals surface area contributed by atoms with Crippen molar-refractivity contribution >= 4 is 5.69 Å². The molecule has 1 unspecified atom stereocenters. The van der Waals surface area contributed by atoms with E-state index in [0.29, 0.717) is 6.42 Å². The molecule has 3 heteroatoms. The molecule has 20 heavy (non-hydrogen) atoms. The summed E-state index contributed by atoms with van der Waals surface area (Å²) in [7, 11) is 2.08.